The van der Waals surface area contributed by atoms with E-state index in [1.165, 1.54) is 9.79 Å². The van der Waals surface area contributed by atoms with E-state index in [-0.39, 0.29) is 0 Å². The maximum Gasteiger partial charge on any atom is 0.0670 e. The van der Waals surface area contributed by atoms with Gasteiger partial charge in [-0.2, -0.15) is 5.26 Å². The molecule has 0 spiro atoms. The molecule has 0 aromatic heterocycles. The fourth-order valence-corrected chi connectivity index (χ4v) is 3.17. The lowest BCUT2D eigenvalue weighted by atomic mass is 10.2. The van der Waals surface area contributed by atoms with E-state index in [4.69, 9.17) is 16.9 Å². The summed E-state index contributed by atoms with van der Waals surface area (Å²) in [7, 11) is 0. The fraction of sp³-hybridized carbons (Fsp3) is 0.133. The van der Waals surface area contributed by atoms with Gasteiger partial charge in [0.2, 0.25) is 0 Å². The Bertz CT molecular complexity index is 603. The molecule has 0 aliphatic carbocycles. The average Bonchev–Trinajstić information content (AvgIpc) is 2.43. The standard InChI is InChI=1S/C15H12ClNS2/c1-18-13-3-5-14(6-4-13)19-15-7-2-12(16)10-11(15)8-9-17/h2-7,10H,8H2,1H3. The number of nitriles is 1. The zero-order valence-electron chi connectivity index (χ0n) is 10.4. The molecule has 0 aliphatic heterocycles. The molecule has 1 nitrogen and oxygen atoms in total. The first kappa shape index (κ1) is 14.3. The van der Waals surface area contributed by atoms with Gasteiger partial charge >= 0.3 is 0 Å². The average molecular weight is 306 g/mol. The molecule has 0 unspecified atom stereocenters. The number of hydrogen-bond acceptors (Lipinski definition) is 3. The van der Waals surface area contributed by atoms with Crippen LogP contribution >= 0.6 is 35.1 Å². The molecule has 0 heterocycles. The Morgan fingerprint density at radius 3 is 2.42 bits per heavy atom. The highest BCUT2D eigenvalue weighted by Gasteiger charge is 2.05. The van der Waals surface area contributed by atoms with Crippen LogP contribution in [0.2, 0.25) is 5.02 Å². The molecule has 96 valence electrons. The molecule has 2 aromatic carbocycles. The van der Waals surface area contributed by atoms with Gasteiger partial charge in [0.1, 0.15) is 0 Å². The lowest BCUT2D eigenvalue weighted by molar-refractivity contribution is 1.18. The summed E-state index contributed by atoms with van der Waals surface area (Å²) in [6.45, 7) is 0. The van der Waals surface area contributed by atoms with Crippen LogP contribution in [0.25, 0.3) is 0 Å². The van der Waals surface area contributed by atoms with Gasteiger partial charge in [-0.3, -0.25) is 0 Å². The fourth-order valence-electron chi connectivity index (χ4n) is 1.64. The van der Waals surface area contributed by atoms with Crippen LogP contribution < -0.4 is 0 Å². The van der Waals surface area contributed by atoms with Crippen molar-refractivity contribution in [3.05, 3.63) is 53.1 Å². The Balaban J connectivity index is 2.24. The number of benzene rings is 2. The molecule has 0 N–H and O–H groups in total. The van der Waals surface area contributed by atoms with Gasteiger partial charge in [0.05, 0.1) is 12.5 Å². The predicted octanol–water partition coefficient (Wildman–Crippen LogP) is 5.28. The summed E-state index contributed by atoms with van der Waals surface area (Å²) in [4.78, 5) is 3.50. The van der Waals surface area contributed by atoms with Gasteiger partial charge < -0.3 is 0 Å². The number of nitrogens with zero attached hydrogens (tertiary/aromatic N) is 1. The minimum Gasteiger partial charge on any atom is -0.198 e. The second-order valence-corrected chi connectivity index (χ2v) is 6.30. The van der Waals surface area contributed by atoms with Crippen LogP contribution in [-0.4, -0.2) is 6.26 Å². The third-order valence-corrected chi connectivity index (χ3v) is 4.68. The maximum atomic E-state index is 8.86. The van der Waals surface area contributed by atoms with E-state index in [1.54, 1.807) is 23.5 Å². The normalized spacial score (nSPS) is 10.2. The minimum atomic E-state index is 0.381. The molecule has 0 radical (unpaired) electrons. The number of halogens is 1. The molecule has 0 amide bonds. The maximum absolute atomic E-state index is 8.86. The van der Waals surface area contributed by atoms with Gasteiger partial charge in [0, 0.05) is 19.7 Å². The molecule has 0 saturated carbocycles. The van der Waals surface area contributed by atoms with Crippen molar-refractivity contribution in [3.63, 3.8) is 0 Å². The van der Waals surface area contributed by atoms with Gasteiger partial charge in [0.25, 0.3) is 0 Å². The second-order valence-electron chi connectivity index (χ2n) is 3.86. The summed E-state index contributed by atoms with van der Waals surface area (Å²) < 4.78 is 0. The Hall–Kier alpha value is -1.08. The smallest absolute Gasteiger partial charge is 0.0670 e. The quantitative estimate of drug-likeness (QED) is 0.718. The zero-order valence-corrected chi connectivity index (χ0v) is 12.8. The van der Waals surface area contributed by atoms with Crippen molar-refractivity contribution in [2.75, 3.05) is 6.26 Å². The SMILES string of the molecule is CSc1ccc(Sc2ccc(Cl)cc2CC#N)cc1. The number of hydrogen-bond donors (Lipinski definition) is 0. The molecule has 2 aromatic rings. The highest BCUT2D eigenvalue weighted by molar-refractivity contribution is 7.99. The van der Waals surface area contributed by atoms with E-state index >= 15 is 0 Å². The first-order chi connectivity index (χ1) is 9.22. The Morgan fingerprint density at radius 1 is 1.11 bits per heavy atom. The summed E-state index contributed by atoms with van der Waals surface area (Å²) in [6.07, 6.45) is 2.44. The van der Waals surface area contributed by atoms with Gasteiger partial charge in [0.15, 0.2) is 0 Å². The second kappa shape index (κ2) is 6.91. The summed E-state index contributed by atoms with van der Waals surface area (Å²) in [6, 6.07) is 16.3. The number of rotatable bonds is 4. The van der Waals surface area contributed by atoms with Gasteiger partial charge in [-0.15, -0.1) is 11.8 Å². The molecule has 0 aliphatic rings. The molecular weight excluding hydrogens is 294 g/mol. The highest BCUT2D eigenvalue weighted by atomic mass is 35.5. The largest absolute Gasteiger partial charge is 0.198 e. The Labute approximate surface area is 127 Å². The van der Waals surface area contributed by atoms with Gasteiger partial charge in [-0.1, -0.05) is 23.4 Å². The van der Waals surface area contributed by atoms with Crippen molar-refractivity contribution in [3.8, 4) is 6.07 Å². The molecule has 19 heavy (non-hydrogen) atoms. The lowest BCUT2D eigenvalue weighted by Gasteiger charge is -2.07. The Morgan fingerprint density at radius 2 is 1.79 bits per heavy atom. The van der Waals surface area contributed by atoms with Crippen LogP contribution in [0.3, 0.4) is 0 Å². The van der Waals surface area contributed by atoms with Gasteiger partial charge in [-0.05, 0) is 54.3 Å². The summed E-state index contributed by atoms with van der Waals surface area (Å²) in [5, 5.41) is 9.54. The summed E-state index contributed by atoms with van der Waals surface area (Å²) in [5.41, 5.74) is 0.981. The van der Waals surface area contributed by atoms with Crippen molar-refractivity contribution < 1.29 is 0 Å². The lowest BCUT2D eigenvalue weighted by Crippen LogP contribution is -1.86. The topological polar surface area (TPSA) is 23.8 Å². The molecule has 2 rings (SSSR count). The van der Waals surface area contributed by atoms with Crippen LogP contribution in [0.5, 0.6) is 0 Å². The van der Waals surface area contributed by atoms with Crippen molar-refractivity contribution in [2.45, 2.75) is 21.1 Å². The van der Waals surface area contributed by atoms with E-state index in [9.17, 15) is 0 Å². The molecule has 0 bridgehead atoms. The van der Waals surface area contributed by atoms with Crippen LogP contribution in [0.1, 0.15) is 5.56 Å². The van der Waals surface area contributed by atoms with Crippen LogP contribution in [0, 0.1) is 11.3 Å². The van der Waals surface area contributed by atoms with Crippen molar-refractivity contribution in [1.82, 2.24) is 0 Å². The third kappa shape index (κ3) is 3.94. The van der Waals surface area contributed by atoms with E-state index in [1.807, 2.05) is 18.2 Å². The van der Waals surface area contributed by atoms with Crippen molar-refractivity contribution >= 4 is 35.1 Å². The predicted molar refractivity (Wildman–Crippen MR) is 83.1 cm³/mol. The molecule has 4 heteroatoms. The van der Waals surface area contributed by atoms with Crippen LogP contribution in [0.4, 0.5) is 0 Å². The van der Waals surface area contributed by atoms with E-state index < -0.39 is 0 Å². The molecule has 0 saturated heterocycles. The van der Waals surface area contributed by atoms with Crippen molar-refractivity contribution in [2.24, 2.45) is 0 Å². The van der Waals surface area contributed by atoms with Crippen molar-refractivity contribution in [1.29, 1.82) is 5.26 Å². The van der Waals surface area contributed by atoms with Crippen LogP contribution in [0.15, 0.2) is 57.2 Å². The monoisotopic (exact) mass is 305 g/mol. The van der Waals surface area contributed by atoms with E-state index in [2.05, 4.69) is 36.6 Å². The summed E-state index contributed by atoms with van der Waals surface area (Å²) in [5.74, 6) is 0. The Kier molecular flexibility index (Phi) is 5.21. The number of thioether (sulfide) groups is 1. The summed E-state index contributed by atoms with van der Waals surface area (Å²) >= 11 is 9.36. The zero-order chi connectivity index (χ0) is 13.7. The molecule has 0 fully saturated rings. The minimum absolute atomic E-state index is 0.381. The molecular formula is C15H12ClNS2. The molecule has 0 atom stereocenters. The van der Waals surface area contributed by atoms with E-state index in [0.29, 0.717) is 11.4 Å². The van der Waals surface area contributed by atoms with Crippen LogP contribution in [-0.2, 0) is 6.42 Å². The first-order valence-electron chi connectivity index (χ1n) is 5.70. The van der Waals surface area contributed by atoms with Gasteiger partial charge in [-0.25, -0.2) is 0 Å². The first-order valence-corrected chi connectivity index (χ1v) is 8.12. The van der Waals surface area contributed by atoms with E-state index in [0.717, 1.165) is 10.5 Å². The third-order valence-electron chi connectivity index (χ3n) is 2.58. The highest BCUT2D eigenvalue weighted by Crippen LogP contribution is 2.33.